The van der Waals surface area contributed by atoms with Gasteiger partial charge in [0.2, 0.25) is 11.8 Å². The minimum Gasteiger partial charge on any atom is -0.284 e. The lowest BCUT2D eigenvalue weighted by molar-refractivity contribution is -0.137. The fourth-order valence-corrected chi connectivity index (χ4v) is 4.80. The summed E-state index contributed by atoms with van der Waals surface area (Å²) in [5.74, 6) is 0.347. The number of hydrogen-bond acceptors (Lipinski definition) is 5. The number of para-hydroxylation sites is 1. The molecular weight excluding hydrogens is 350 g/mol. The summed E-state index contributed by atoms with van der Waals surface area (Å²) in [6.07, 6.45) is 4.87. The minimum absolute atomic E-state index is 0.0123. The molecule has 2 aromatic rings. The summed E-state index contributed by atoms with van der Waals surface area (Å²) in [7, 11) is 0. The van der Waals surface area contributed by atoms with Crippen molar-refractivity contribution in [1.82, 2.24) is 14.5 Å². The van der Waals surface area contributed by atoms with Crippen LogP contribution in [0.4, 0.5) is 0 Å². The monoisotopic (exact) mass is 371 g/mol. The van der Waals surface area contributed by atoms with Crippen LogP contribution in [0.25, 0.3) is 10.9 Å². The van der Waals surface area contributed by atoms with Gasteiger partial charge < -0.3 is 0 Å². The third kappa shape index (κ3) is 3.16. The molecule has 0 radical (unpaired) electrons. The van der Waals surface area contributed by atoms with Crippen molar-refractivity contribution in [3.8, 4) is 0 Å². The highest BCUT2D eigenvalue weighted by Crippen LogP contribution is 2.32. The third-order valence-corrected chi connectivity index (χ3v) is 6.10. The first-order valence-corrected chi connectivity index (χ1v) is 10.1. The van der Waals surface area contributed by atoms with E-state index >= 15 is 0 Å². The molecule has 7 heteroatoms. The number of carbonyl (C=O) groups is 2. The highest BCUT2D eigenvalue weighted by molar-refractivity contribution is 7.99. The lowest BCUT2D eigenvalue weighted by atomic mass is 10.2. The number of hydrogen-bond donors (Lipinski definition) is 0. The lowest BCUT2D eigenvalue weighted by Gasteiger charge is -2.19. The standard InChI is InChI=1S/C19H21N3O3S/c23-16-9-10-17(24)21(16)11-12-26-19-20-15-8-4-3-7-14(15)18(25)22(19)13-5-1-2-6-13/h3-4,7-8,13H,1-2,5-6,9-12H2. The molecule has 2 fully saturated rings. The van der Waals surface area contributed by atoms with Crippen molar-refractivity contribution in [2.45, 2.75) is 49.7 Å². The number of likely N-dealkylation sites (tertiary alicyclic amines) is 1. The van der Waals surface area contributed by atoms with E-state index in [9.17, 15) is 14.4 Å². The molecule has 0 N–H and O–H groups in total. The zero-order valence-electron chi connectivity index (χ0n) is 14.5. The maximum atomic E-state index is 13.1. The van der Waals surface area contributed by atoms with E-state index in [0.29, 0.717) is 41.2 Å². The molecular formula is C19H21N3O3S. The van der Waals surface area contributed by atoms with E-state index < -0.39 is 0 Å². The Kier molecular flexibility index (Phi) is 4.80. The molecule has 0 bridgehead atoms. The molecule has 0 unspecified atom stereocenters. The smallest absolute Gasteiger partial charge is 0.262 e. The summed E-state index contributed by atoms with van der Waals surface area (Å²) in [6.45, 7) is 0.371. The van der Waals surface area contributed by atoms with Gasteiger partial charge in [-0.15, -0.1) is 0 Å². The summed E-state index contributed by atoms with van der Waals surface area (Å²) in [4.78, 5) is 42.6. The van der Waals surface area contributed by atoms with E-state index in [1.807, 2.05) is 28.8 Å². The second-order valence-corrected chi connectivity index (χ2v) is 7.87. The molecule has 1 aromatic carbocycles. The first-order valence-electron chi connectivity index (χ1n) is 9.12. The predicted molar refractivity (Wildman–Crippen MR) is 100 cm³/mol. The van der Waals surface area contributed by atoms with Gasteiger partial charge in [-0.2, -0.15) is 0 Å². The fourth-order valence-electron chi connectivity index (χ4n) is 3.81. The van der Waals surface area contributed by atoms with Crippen molar-refractivity contribution in [1.29, 1.82) is 0 Å². The Morgan fingerprint density at radius 2 is 1.73 bits per heavy atom. The van der Waals surface area contributed by atoms with E-state index in [1.165, 1.54) is 16.7 Å². The van der Waals surface area contributed by atoms with Gasteiger partial charge in [0.05, 0.1) is 10.9 Å². The molecule has 4 rings (SSSR count). The fraction of sp³-hybridized carbons (Fsp3) is 0.474. The van der Waals surface area contributed by atoms with E-state index in [-0.39, 0.29) is 23.4 Å². The minimum atomic E-state index is -0.102. The van der Waals surface area contributed by atoms with Crippen LogP contribution < -0.4 is 5.56 Å². The number of aromatic nitrogens is 2. The van der Waals surface area contributed by atoms with Crippen LogP contribution in [0.3, 0.4) is 0 Å². The third-order valence-electron chi connectivity index (χ3n) is 5.17. The highest BCUT2D eigenvalue weighted by Gasteiger charge is 2.29. The van der Waals surface area contributed by atoms with E-state index in [0.717, 1.165) is 25.7 Å². The summed E-state index contributed by atoms with van der Waals surface area (Å²) < 4.78 is 1.84. The molecule has 1 aromatic heterocycles. The number of amides is 2. The van der Waals surface area contributed by atoms with Gasteiger partial charge in [0.25, 0.3) is 5.56 Å². The second kappa shape index (κ2) is 7.23. The van der Waals surface area contributed by atoms with Gasteiger partial charge >= 0.3 is 0 Å². The molecule has 0 spiro atoms. The normalized spacial score (nSPS) is 18.4. The van der Waals surface area contributed by atoms with Gasteiger partial charge in [0, 0.05) is 31.2 Å². The van der Waals surface area contributed by atoms with Crippen LogP contribution in [-0.2, 0) is 9.59 Å². The zero-order valence-corrected chi connectivity index (χ0v) is 15.3. The Bertz CT molecular complexity index is 902. The molecule has 1 aliphatic heterocycles. The van der Waals surface area contributed by atoms with Gasteiger partial charge in [-0.1, -0.05) is 36.7 Å². The largest absolute Gasteiger partial charge is 0.284 e. The first kappa shape index (κ1) is 17.3. The summed E-state index contributed by atoms with van der Waals surface area (Å²) in [5, 5.41) is 1.34. The van der Waals surface area contributed by atoms with Gasteiger partial charge in [-0.3, -0.25) is 23.9 Å². The topological polar surface area (TPSA) is 72.3 Å². The molecule has 1 aliphatic carbocycles. The van der Waals surface area contributed by atoms with E-state index in [1.54, 1.807) is 0 Å². The van der Waals surface area contributed by atoms with Gasteiger partial charge in [-0.25, -0.2) is 4.98 Å². The SMILES string of the molecule is O=C1CCC(=O)N1CCSc1nc2ccccc2c(=O)n1C1CCCC1. The molecule has 26 heavy (non-hydrogen) atoms. The molecule has 136 valence electrons. The molecule has 2 aliphatic rings. The van der Waals surface area contributed by atoms with Crippen molar-refractivity contribution in [2.24, 2.45) is 0 Å². The Morgan fingerprint density at radius 3 is 2.46 bits per heavy atom. The molecule has 2 heterocycles. The molecule has 6 nitrogen and oxygen atoms in total. The van der Waals surface area contributed by atoms with E-state index in [4.69, 9.17) is 4.98 Å². The van der Waals surface area contributed by atoms with Crippen molar-refractivity contribution in [3.63, 3.8) is 0 Å². The Balaban J connectivity index is 1.62. The number of thioether (sulfide) groups is 1. The maximum Gasteiger partial charge on any atom is 0.262 e. The van der Waals surface area contributed by atoms with Crippen LogP contribution in [0, 0.1) is 0 Å². The summed E-state index contributed by atoms with van der Waals surface area (Å²) in [5.41, 5.74) is 0.709. The van der Waals surface area contributed by atoms with Crippen LogP contribution in [0.2, 0.25) is 0 Å². The number of benzene rings is 1. The lowest BCUT2D eigenvalue weighted by Crippen LogP contribution is -2.31. The molecule has 1 saturated heterocycles. The van der Waals surface area contributed by atoms with E-state index in [2.05, 4.69) is 0 Å². The van der Waals surface area contributed by atoms with Crippen LogP contribution in [0.15, 0.2) is 34.2 Å². The number of carbonyl (C=O) groups excluding carboxylic acids is 2. The highest BCUT2D eigenvalue weighted by atomic mass is 32.2. The Hall–Kier alpha value is -2.15. The van der Waals surface area contributed by atoms with Crippen LogP contribution in [0.5, 0.6) is 0 Å². The second-order valence-electron chi connectivity index (χ2n) is 6.81. The van der Waals surface area contributed by atoms with Crippen LogP contribution >= 0.6 is 11.8 Å². The number of imide groups is 1. The summed E-state index contributed by atoms with van der Waals surface area (Å²) in [6, 6.07) is 7.61. The molecule has 0 atom stereocenters. The predicted octanol–water partition coefficient (Wildman–Crippen LogP) is 2.75. The summed E-state index contributed by atoms with van der Waals surface area (Å²) >= 11 is 1.46. The van der Waals surface area contributed by atoms with Gasteiger partial charge in [0.1, 0.15) is 0 Å². The zero-order chi connectivity index (χ0) is 18.1. The number of nitrogens with zero attached hydrogens (tertiary/aromatic N) is 3. The Labute approximate surface area is 155 Å². The van der Waals surface area contributed by atoms with Crippen molar-refractivity contribution in [3.05, 3.63) is 34.6 Å². The number of fused-ring (bicyclic) bond motifs is 1. The van der Waals surface area contributed by atoms with Crippen LogP contribution in [0.1, 0.15) is 44.6 Å². The Morgan fingerprint density at radius 1 is 1.04 bits per heavy atom. The first-order chi connectivity index (χ1) is 12.6. The number of rotatable bonds is 5. The van der Waals surface area contributed by atoms with Crippen molar-refractivity contribution < 1.29 is 9.59 Å². The average Bonchev–Trinajstić information content (AvgIpc) is 3.27. The average molecular weight is 371 g/mol. The van der Waals surface area contributed by atoms with Gasteiger partial charge in [0.15, 0.2) is 5.16 Å². The van der Waals surface area contributed by atoms with Crippen LogP contribution in [-0.4, -0.2) is 38.6 Å². The van der Waals surface area contributed by atoms with Gasteiger partial charge in [-0.05, 0) is 25.0 Å². The molecule has 2 amide bonds. The van der Waals surface area contributed by atoms with Crippen molar-refractivity contribution in [2.75, 3.05) is 12.3 Å². The quantitative estimate of drug-likeness (QED) is 0.459. The molecule has 1 saturated carbocycles. The maximum absolute atomic E-state index is 13.1. The van der Waals surface area contributed by atoms with Crippen molar-refractivity contribution >= 4 is 34.5 Å².